The van der Waals surface area contributed by atoms with Crippen LogP contribution in [0.25, 0.3) is 0 Å². The van der Waals surface area contributed by atoms with E-state index in [0.717, 1.165) is 11.6 Å². The molecule has 1 fully saturated rings. The van der Waals surface area contributed by atoms with Crippen LogP contribution >= 0.6 is 0 Å². The Morgan fingerprint density at radius 3 is 2.60 bits per heavy atom. The minimum Gasteiger partial charge on any atom is -0.480 e. The lowest BCUT2D eigenvalue weighted by Gasteiger charge is -2.32. The third kappa shape index (κ3) is 2.09. The molecular formula is C11H17N3O. The van der Waals surface area contributed by atoms with Gasteiger partial charge in [-0.1, -0.05) is 6.42 Å². The van der Waals surface area contributed by atoms with Crippen LogP contribution in [-0.2, 0) is 0 Å². The zero-order chi connectivity index (χ0) is 10.7. The molecule has 2 rings (SSSR count). The van der Waals surface area contributed by atoms with Crippen molar-refractivity contribution in [1.29, 1.82) is 0 Å². The molecule has 1 aliphatic rings. The van der Waals surface area contributed by atoms with Gasteiger partial charge in [-0.15, -0.1) is 5.10 Å². The van der Waals surface area contributed by atoms with Gasteiger partial charge in [0, 0.05) is 6.07 Å². The fourth-order valence-electron chi connectivity index (χ4n) is 2.00. The molecule has 4 heteroatoms. The average molecular weight is 207 g/mol. The van der Waals surface area contributed by atoms with E-state index in [1.165, 1.54) is 19.3 Å². The molecular weight excluding hydrogens is 190 g/mol. The van der Waals surface area contributed by atoms with E-state index in [9.17, 15) is 0 Å². The van der Waals surface area contributed by atoms with Crippen molar-refractivity contribution in [3.8, 4) is 5.88 Å². The van der Waals surface area contributed by atoms with Gasteiger partial charge in [-0.05, 0) is 31.9 Å². The lowest BCUT2D eigenvalue weighted by molar-refractivity contribution is 0.234. The van der Waals surface area contributed by atoms with Gasteiger partial charge in [0.15, 0.2) is 0 Å². The normalized spacial score (nSPS) is 18.3. The Balaban J connectivity index is 2.11. The van der Waals surface area contributed by atoms with Crippen LogP contribution in [0.1, 0.15) is 31.0 Å². The summed E-state index contributed by atoms with van der Waals surface area (Å²) >= 11 is 0. The van der Waals surface area contributed by atoms with E-state index in [1.807, 2.05) is 19.2 Å². The predicted octanol–water partition coefficient (Wildman–Crippen LogP) is 1.55. The Hall–Kier alpha value is -1.16. The van der Waals surface area contributed by atoms with Crippen LogP contribution in [0.15, 0.2) is 12.1 Å². The second-order valence-corrected chi connectivity index (χ2v) is 3.96. The third-order valence-corrected chi connectivity index (χ3v) is 3.12. The summed E-state index contributed by atoms with van der Waals surface area (Å²) in [5.41, 5.74) is 1.02. The number of methoxy groups -OCH3 is 1. The van der Waals surface area contributed by atoms with E-state index in [2.05, 4.69) is 15.5 Å². The van der Waals surface area contributed by atoms with Crippen molar-refractivity contribution in [2.24, 2.45) is 5.92 Å². The lowest BCUT2D eigenvalue weighted by Crippen LogP contribution is -2.30. The van der Waals surface area contributed by atoms with Gasteiger partial charge in [0.25, 0.3) is 0 Å². The van der Waals surface area contributed by atoms with Crippen LogP contribution in [0, 0.1) is 5.92 Å². The van der Waals surface area contributed by atoms with Crippen LogP contribution in [-0.4, -0.2) is 24.4 Å². The fourth-order valence-corrected chi connectivity index (χ4v) is 2.00. The Kier molecular flexibility index (Phi) is 3.16. The smallest absolute Gasteiger partial charge is 0.233 e. The second kappa shape index (κ2) is 4.57. The largest absolute Gasteiger partial charge is 0.480 e. The van der Waals surface area contributed by atoms with Crippen molar-refractivity contribution in [2.45, 2.75) is 25.3 Å². The Morgan fingerprint density at radius 1 is 1.40 bits per heavy atom. The number of hydrogen-bond donors (Lipinski definition) is 1. The molecule has 1 aromatic rings. The first-order valence-electron chi connectivity index (χ1n) is 5.40. The van der Waals surface area contributed by atoms with E-state index in [1.54, 1.807) is 7.11 Å². The fraction of sp³-hybridized carbons (Fsp3) is 0.636. The molecule has 0 saturated heterocycles. The molecule has 1 heterocycles. The average Bonchev–Trinajstić information content (AvgIpc) is 2.23. The summed E-state index contributed by atoms with van der Waals surface area (Å²) < 4.78 is 4.99. The summed E-state index contributed by atoms with van der Waals surface area (Å²) in [6.45, 7) is 0. The number of rotatable bonds is 4. The van der Waals surface area contributed by atoms with Crippen molar-refractivity contribution in [3.05, 3.63) is 17.8 Å². The van der Waals surface area contributed by atoms with Gasteiger partial charge in [-0.2, -0.15) is 5.10 Å². The predicted molar refractivity (Wildman–Crippen MR) is 57.7 cm³/mol. The molecule has 1 unspecified atom stereocenters. The van der Waals surface area contributed by atoms with E-state index in [-0.39, 0.29) is 0 Å². The molecule has 1 aliphatic carbocycles. The summed E-state index contributed by atoms with van der Waals surface area (Å²) in [5, 5.41) is 11.5. The first-order valence-corrected chi connectivity index (χ1v) is 5.40. The standard InChI is InChI=1S/C11H17N3O/c1-12-11(8-4-3-5-8)9-6-7-10(15-2)14-13-9/h6-8,11-12H,3-5H2,1-2H3. The maximum atomic E-state index is 4.99. The van der Waals surface area contributed by atoms with Gasteiger partial charge in [0.05, 0.1) is 18.8 Å². The molecule has 15 heavy (non-hydrogen) atoms. The van der Waals surface area contributed by atoms with Crippen molar-refractivity contribution in [3.63, 3.8) is 0 Å². The topological polar surface area (TPSA) is 47.0 Å². The van der Waals surface area contributed by atoms with Gasteiger partial charge in [-0.25, -0.2) is 0 Å². The molecule has 1 aromatic heterocycles. The van der Waals surface area contributed by atoms with E-state index < -0.39 is 0 Å². The minimum absolute atomic E-state index is 0.345. The summed E-state index contributed by atoms with van der Waals surface area (Å²) in [6.07, 6.45) is 3.92. The highest BCUT2D eigenvalue weighted by molar-refractivity contribution is 5.15. The monoisotopic (exact) mass is 207 g/mol. The van der Waals surface area contributed by atoms with Gasteiger partial charge < -0.3 is 10.1 Å². The van der Waals surface area contributed by atoms with Crippen molar-refractivity contribution in [2.75, 3.05) is 14.2 Å². The quantitative estimate of drug-likeness (QED) is 0.813. The Bertz CT molecular complexity index is 308. The van der Waals surface area contributed by atoms with Gasteiger partial charge >= 0.3 is 0 Å². The zero-order valence-corrected chi connectivity index (χ0v) is 9.23. The van der Waals surface area contributed by atoms with Crippen molar-refractivity contribution in [1.82, 2.24) is 15.5 Å². The highest BCUT2D eigenvalue weighted by atomic mass is 16.5. The Labute approximate surface area is 90.1 Å². The van der Waals surface area contributed by atoms with E-state index >= 15 is 0 Å². The number of aromatic nitrogens is 2. The molecule has 0 amide bonds. The number of nitrogens with one attached hydrogen (secondary N) is 1. The zero-order valence-electron chi connectivity index (χ0n) is 9.23. The number of hydrogen-bond acceptors (Lipinski definition) is 4. The summed E-state index contributed by atoms with van der Waals surface area (Å²) in [5.74, 6) is 1.29. The van der Waals surface area contributed by atoms with E-state index in [4.69, 9.17) is 4.74 Å². The Morgan fingerprint density at radius 2 is 2.20 bits per heavy atom. The highest BCUT2D eigenvalue weighted by Gasteiger charge is 2.28. The van der Waals surface area contributed by atoms with Gasteiger partial charge in [0.1, 0.15) is 0 Å². The van der Waals surface area contributed by atoms with Crippen molar-refractivity contribution < 1.29 is 4.74 Å². The lowest BCUT2D eigenvalue weighted by atomic mass is 9.78. The maximum absolute atomic E-state index is 4.99. The van der Waals surface area contributed by atoms with E-state index in [0.29, 0.717) is 11.9 Å². The number of nitrogens with zero attached hydrogens (tertiary/aromatic N) is 2. The van der Waals surface area contributed by atoms with Crippen LogP contribution in [0.5, 0.6) is 5.88 Å². The third-order valence-electron chi connectivity index (χ3n) is 3.12. The van der Waals surface area contributed by atoms with Gasteiger partial charge in [-0.3, -0.25) is 0 Å². The molecule has 82 valence electrons. The molecule has 0 radical (unpaired) electrons. The summed E-state index contributed by atoms with van der Waals surface area (Å²) in [6, 6.07) is 4.20. The molecule has 4 nitrogen and oxygen atoms in total. The van der Waals surface area contributed by atoms with Crippen LogP contribution in [0.4, 0.5) is 0 Å². The first kappa shape index (κ1) is 10.4. The maximum Gasteiger partial charge on any atom is 0.233 e. The van der Waals surface area contributed by atoms with Crippen LogP contribution in [0.3, 0.4) is 0 Å². The summed E-state index contributed by atoms with van der Waals surface area (Å²) in [4.78, 5) is 0. The molecule has 0 aromatic carbocycles. The molecule has 0 spiro atoms. The van der Waals surface area contributed by atoms with Gasteiger partial charge in [0.2, 0.25) is 5.88 Å². The molecule has 1 saturated carbocycles. The molecule has 1 N–H and O–H groups in total. The molecule has 1 atom stereocenters. The second-order valence-electron chi connectivity index (χ2n) is 3.96. The highest BCUT2D eigenvalue weighted by Crippen LogP contribution is 2.36. The summed E-state index contributed by atoms with van der Waals surface area (Å²) in [7, 11) is 3.58. The first-order chi connectivity index (χ1) is 7.35. The molecule has 0 bridgehead atoms. The SMILES string of the molecule is CNC(c1ccc(OC)nn1)C1CCC1. The molecule has 0 aliphatic heterocycles. The van der Waals surface area contributed by atoms with Crippen LogP contribution < -0.4 is 10.1 Å². The van der Waals surface area contributed by atoms with Crippen LogP contribution in [0.2, 0.25) is 0 Å². The van der Waals surface area contributed by atoms with Crippen molar-refractivity contribution >= 4 is 0 Å². The minimum atomic E-state index is 0.345. The number of ether oxygens (including phenoxy) is 1.